The van der Waals surface area contributed by atoms with Gasteiger partial charge in [0.05, 0.1) is 18.7 Å². The molecular formula is C14H9F3N2O2. The molecule has 21 heavy (non-hydrogen) atoms. The van der Waals surface area contributed by atoms with Gasteiger partial charge in [-0.1, -0.05) is 0 Å². The molecule has 4 nitrogen and oxygen atoms in total. The van der Waals surface area contributed by atoms with E-state index in [0.29, 0.717) is 0 Å². The molecule has 1 heterocycles. The molecule has 0 saturated carbocycles. The summed E-state index contributed by atoms with van der Waals surface area (Å²) in [5.41, 5.74) is -0.321. The van der Waals surface area contributed by atoms with Crippen LogP contribution in [0.1, 0.15) is 11.1 Å². The Hall–Kier alpha value is -2.75. The fourth-order valence-electron chi connectivity index (χ4n) is 1.60. The maximum absolute atomic E-state index is 13.8. The topological polar surface area (TPSA) is 55.1 Å². The molecule has 0 N–H and O–H groups in total. The van der Waals surface area contributed by atoms with E-state index in [0.717, 1.165) is 6.92 Å². The van der Waals surface area contributed by atoms with E-state index in [9.17, 15) is 13.2 Å². The Morgan fingerprint density at radius 3 is 2.48 bits per heavy atom. The zero-order valence-electron chi connectivity index (χ0n) is 11.1. The van der Waals surface area contributed by atoms with E-state index in [-0.39, 0.29) is 17.1 Å². The molecule has 0 amide bonds. The standard InChI is InChI=1S/C14H9F3N2O2/c1-7-11(15)13(17)19-14(12(7)16)21-10-5-8(6-18)3-4-9(10)20-2/h3-5H,1-2H3. The summed E-state index contributed by atoms with van der Waals surface area (Å²) in [6, 6.07) is 6.03. The molecule has 0 unspecified atom stereocenters. The second kappa shape index (κ2) is 5.71. The van der Waals surface area contributed by atoms with E-state index in [1.807, 2.05) is 6.07 Å². The molecule has 0 aliphatic heterocycles. The first-order valence-electron chi connectivity index (χ1n) is 5.75. The van der Waals surface area contributed by atoms with Gasteiger partial charge >= 0.3 is 0 Å². The Morgan fingerprint density at radius 1 is 1.14 bits per heavy atom. The monoisotopic (exact) mass is 294 g/mol. The highest BCUT2D eigenvalue weighted by atomic mass is 19.2. The van der Waals surface area contributed by atoms with E-state index in [1.54, 1.807) is 0 Å². The van der Waals surface area contributed by atoms with Crippen molar-refractivity contribution in [2.24, 2.45) is 0 Å². The van der Waals surface area contributed by atoms with Crippen molar-refractivity contribution in [1.29, 1.82) is 5.26 Å². The summed E-state index contributed by atoms with van der Waals surface area (Å²) in [7, 11) is 1.34. The zero-order valence-corrected chi connectivity index (χ0v) is 11.1. The van der Waals surface area contributed by atoms with Crippen LogP contribution in [0.4, 0.5) is 13.2 Å². The number of pyridine rings is 1. The number of rotatable bonds is 3. The molecule has 2 rings (SSSR count). The van der Waals surface area contributed by atoms with E-state index in [4.69, 9.17) is 14.7 Å². The third kappa shape index (κ3) is 2.74. The third-order valence-electron chi connectivity index (χ3n) is 2.73. The molecule has 1 aromatic carbocycles. The Balaban J connectivity index is 2.50. The number of benzene rings is 1. The lowest BCUT2D eigenvalue weighted by Gasteiger charge is -2.11. The molecule has 0 atom stereocenters. The fraction of sp³-hybridized carbons (Fsp3) is 0.143. The summed E-state index contributed by atoms with van der Waals surface area (Å²) in [5.74, 6) is -4.55. The zero-order chi connectivity index (χ0) is 15.6. The quantitative estimate of drug-likeness (QED) is 0.813. The molecule has 0 bridgehead atoms. The van der Waals surface area contributed by atoms with Gasteiger partial charge in [-0.3, -0.25) is 0 Å². The van der Waals surface area contributed by atoms with Gasteiger partial charge in [-0.2, -0.15) is 14.6 Å². The molecular weight excluding hydrogens is 285 g/mol. The van der Waals surface area contributed by atoms with E-state index < -0.39 is 29.0 Å². The van der Waals surface area contributed by atoms with E-state index >= 15 is 0 Å². The normalized spacial score (nSPS) is 10.1. The Kier molecular flexibility index (Phi) is 3.98. The predicted molar refractivity (Wildman–Crippen MR) is 66.6 cm³/mol. The highest BCUT2D eigenvalue weighted by Gasteiger charge is 2.20. The number of halogens is 3. The third-order valence-corrected chi connectivity index (χ3v) is 2.73. The van der Waals surface area contributed by atoms with Crippen LogP contribution in [0.25, 0.3) is 0 Å². The molecule has 2 aromatic rings. The number of methoxy groups -OCH3 is 1. The smallest absolute Gasteiger partial charge is 0.259 e. The minimum Gasteiger partial charge on any atom is -0.493 e. The molecule has 0 spiro atoms. The second-order valence-corrected chi connectivity index (χ2v) is 4.04. The van der Waals surface area contributed by atoms with Crippen LogP contribution in [0, 0.1) is 35.8 Å². The lowest BCUT2D eigenvalue weighted by Crippen LogP contribution is -2.03. The maximum atomic E-state index is 13.8. The van der Waals surface area contributed by atoms with Crippen LogP contribution in [-0.4, -0.2) is 12.1 Å². The number of aromatic nitrogens is 1. The van der Waals surface area contributed by atoms with Gasteiger partial charge in [-0.15, -0.1) is 0 Å². The lowest BCUT2D eigenvalue weighted by molar-refractivity contribution is 0.350. The molecule has 0 aliphatic rings. The van der Waals surface area contributed by atoms with Crippen LogP contribution >= 0.6 is 0 Å². The first kappa shape index (κ1) is 14.7. The number of ether oxygens (including phenoxy) is 2. The van der Waals surface area contributed by atoms with Crippen molar-refractivity contribution in [1.82, 2.24) is 4.98 Å². The molecule has 0 aliphatic carbocycles. The van der Waals surface area contributed by atoms with Crippen LogP contribution < -0.4 is 9.47 Å². The SMILES string of the molecule is COc1ccc(C#N)cc1Oc1nc(F)c(F)c(C)c1F. The first-order chi connectivity index (χ1) is 9.97. The summed E-state index contributed by atoms with van der Waals surface area (Å²) >= 11 is 0. The van der Waals surface area contributed by atoms with Crippen LogP contribution in [0.2, 0.25) is 0 Å². The van der Waals surface area contributed by atoms with Crippen molar-refractivity contribution in [3.05, 3.63) is 46.9 Å². The average Bonchev–Trinajstić information content (AvgIpc) is 2.50. The van der Waals surface area contributed by atoms with Gasteiger partial charge in [-0.25, -0.2) is 8.78 Å². The molecule has 0 radical (unpaired) electrons. The van der Waals surface area contributed by atoms with Crippen molar-refractivity contribution in [3.63, 3.8) is 0 Å². The molecule has 108 valence electrons. The Morgan fingerprint density at radius 2 is 1.86 bits per heavy atom. The largest absolute Gasteiger partial charge is 0.493 e. The van der Waals surface area contributed by atoms with Crippen molar-refractivity contribution < 1.29 is 22.6 Å². The Bertz CT molecular complexity index is 742. The number of hydrogen-bond acceptors (Lipinski definition) is 4. The van der Waals surface area contributed by atoms with Gasteiger partial charge in [0.1, 0.15) is 0 Å². The van der Waals surface area contributed by atoms with Crippen molar-refractivity contribution in [2.75, 3.05) is 7.11 Å². The highest BCUT2D eigenvalue weighted by molar-refractivity contribution is 5.48. The minimum atomic E-state index is -1.47. The van der Waals surface area contributed by atoms with Crippen LogP contribution in [-0.2, 0) is 0 Å². The summed E-state index contributed by atoms with van der Waals surface area (Å²) in [6.45, 7) is 1.06. The Labute approximate surface area is 118 Å². The average molecular weight is 294 g/mol. The second-order valence-electron chi connectivity index (χ2n) is 4.04. The lowest BCUT2D eigenvalue weighted by atomic mass is 10.2. The first-order valence-corrected chi connectivity index (χ1v) is 5.75. The van der Waals surface area contributed by atoms with Crippen molar-refractivity contribution >= 4 is 0 Å². The van der Waals surface area contributed by atoms with Crippen LogP contribution in [0.5, 0.6) is 17.4 Å². The number of nitriles is 1. The predicted octanol–water partition coefficient (Wildman–Crippen LogP) is 3.48. The van der Waals surface area contributed by atoms with Crippen LogP contribution in [0.15, 0.2) is 18.2 Å². The van der Waals surface area contributed by atoms with Crippen molar-refractivity contribution in [3.8, 4) is 23.4 Å². The van der Waals surface area contributed by atoms with Gasteiger partial charge in [-0.05, 0) is 19.1 Å². The summed E-state index contributed by atoms with van der Waals surface area (Å²) in [4.78, 5) is 3.08. The summed E-state index contributed by atoms with van der Waals surface area (Å²) in [6.07, 6.45) is 0. The van der Waals surface area contributed by atoms with E-state index in [2.05, 4.69) is 4.98 Å². The number of hydrogen-bond donors (Lipinski definition) is 0. The van der Waals surface area contributed by atoms with Gasteiger partial charge in [0, 0.05) is 11.6 Å². The molecule has 7 heteroatoms. The number of nitrogens with zero attached hydrogens (tertiary/aromatic N) is 2. The van der Waals surface area contributed by atoms with Gasteiger partial charge in [0.25, 0.3) is 11.8 Å². The van der Waals surface area contributed by atoms with Crippen molar-refractivity contribution in [2.45, 2.75) is 6.92 Å². The molecule has 0 fully saturated rings. The molecule has 1 aromatic heterocycles. The van der Waals surface area contributed by atoms with Gasteiger partial charge in [0.2, 0.25) is 0 Å². The fourth-order valence-corrected chi connectivity index (χ4v) is 1.60. The summed E-state index contributed by atoms with van der Waals surface area (Å²) < 4.78 is 50.4. The highest BCUT2D eigenvalue weighted by Crippen LogP contribution is 2.33. The maximum Gasteiger partial charge on any atom is 0.259 e. The van der Waals surface area contributed by atoms with Gasteiger partial charge < -0.3 is 9.47 Å². The van der Waals surface area contributed by atoms with Gasteiger partial charge in [0.15, 0.2) is 23.1 Å². The van der Waals surface area contributed by atoms with E-state index in [1.165, 1.54) is 25.3 Å². The van der Waals surface area contributed by atoms with Crippen LogP contribution in [0.3, 0.4) is 0 Å². The minimum absolute atomic E-state index is 0.0339. The molecule has 0 saturated heterocycles. The summed E-state index contributed by atoms with van der Waals surface area (Å²) in [5, 5.41) is 8.83.